The van der Waals surface area contributed by atoms with Crippen molar-refractivity contribution in [2.24, 2.45) is 5.92 Å². The molecule has 1 saturated carbocycles. The van der Waals surface area contributed by atoms with E-state index in [0.29, 0.717) is 6.54 Å². The van der Waals surface area contributed by atoms with E-state index in [4.69, 9.17) is 4.74 Å². The van der Waals surface area contributed by atoms with Crippen LogP contribution in [-0.4, -0.2) is 36.4 Å². The monoisotopic (exact) mass is 243 g/mol. The summed E-state index contributed by atoms with van der Waals surface area (Å²) in [5.41, 5.74) is -0.714. The molecule has 0 aromatic carbocycles. The third-order valence-electron chi connectivity index (χ3n) is 3.93. The molecule has 2 N–H and O–H groups in total. The predicted octanol–water partition coefficient (Wildman–Crippen LogP) is 1.47. The van der Waals surface area contributed by atoms with E-state index in [-0.39, 0.29) is 5.91 Å². The minimum Gasteiger partial charge on any atom is -0.388 e. The van der Waals surface area contributed by atoms with Crippen LogP contribution in [0, 0.1) is 5.92 Å². The fourth-order valence-electron chi connectivity index (χ4n) is 2.30. The van der Waals surface area contributed by atoms with Gasteiger partial charge in [0.2, 0.25) is 5.91 Å². The van der Waals surface area contributed by atoms with Gasteiger partial charge in [-0.15, -0.1) is 0 Å². The zero-order valence-electron chi connectivity index (χ0n) is 11.2. The van der Waals surface area contributed by atoms with Crippen molar-refractivity contribution in [1.29, 1.82) is 0 Å². The average Bonchev–Trinajstić information content (AvgIpc) is 2.36. The zero-order chi connectivity index (χ0) is 12.9. The third-order valence-corrected chi connectivity index (χ3v) is 3.93. The van der Waals surface area contributed by atoms with E-state index in [1.807, 2.05) is 0 Å². The van der Waals surface area contributed by atoms with Crippen molar-refractivity contribution >= 4 is 5.91 Å². The Bertz CT molecular complexity index is 247. The highest BCUT2D eigenvalue weighted by atomic mass is 16.5. The van der Waals surface area contributed by atoms with Crippen molar-refractivity contribution in [3.05, 3.63) is 0 Å². The second kappa shape index (κ2) is 6.36. The lowest BCUT2D eigenvalue weighted by atomic mass is 9.78. The SMILES string of the molecule is CCC1CCC(O)(CNC(=O)C(C)OC)CC1. The summed E-state index contributed by atoms with van der Waals surface area (Å²) in [6, 6.07) is 0. The minimum atomic E-state index is -0.714. The number of hydrogen-bond donors (Lipinski definition) is 2. The van der Waals surface area contributed by atoms with Gasteiger partial charge in [-0.1, -0.05) is 13.3 Å². The maximum Gasteiger partial charge on any atom is 0.248 e. The van der Waals surface area contributed by atoms with Crippen LogP contribution in [0.15, 0.2) is 0 Å². The van der Waals surface area contributed by atoms with E-state index >= 15 is 0 Å². The van der Waals surface area contributed by atoms with Crippen LogP contribution >= 0.6 is 0 Å². The second-order valence-corrected chi connectivity index (χ2v) is 5.17. The van der Waals surface area contributed by atoms with E-state index in [9.17, 15) is 9.90 Å². The standard InChI is InChI=1S/C13H25NO3/c1-4-11-5-7-13(16,8-6-11)9-14-12(15)10(2)17-3/h10-11,16H,4-9H2,1-3H3,(H,14,15). The number of nitrogens with one attached hydrogen (secondary N) is 1. The van der Waals surface area contributed by atoms with Gasteiger partial charge >= 0.3 is 0 Å². The minimum absolute atomic E-state index is 0.154. The van der Waals surface area contributed by atoms with Crippen molar-refractivity contribution in [2.45, 2.75) is 57.7 Å². The molecule has 0 radical (unpaired) electrons. The number of hydrogen-bond acceptors (Lipinski definition) is 3. The van der Waals surface area contributed by atoms with Crippen molar-refractivity contribution in [1.82, 2.24) is 5.32 Å². The Hall–Kier alpha value is -0.610. The van der Waals surface area contributed by atoms with Crippen LogP contribution in [0.25, 0.3) is 0 Å². The maximum atomic E-state index is 11.5. The highest BCUT2D eigenvalue weighted by Crippen LogP contribution is 2.33. The summed E-state index contributed by atoms with van der Waals surface area (Å²) in [4.78, 5) is 11.5. The van der Waals surface area contributed by atoms with Crippen LogP contribution in [0.5, 0.6) is 0 Å². The Morgan fingerprint density at radius 2 is 2.12 bits per heavy atom. The largest absolute Gasteiger partial charge is 0.388 e. The molecule has 0 aliphatic heterocycles. The van der Waals surface area contributed by atoms with Gasteiger partial charge in [-0.2, -0.15) is 0 Å². The van der Waals surface area contributed by atoms with Gasteiger partial charge in [0.25, 0.3) is 0 Å². The Labute approximate surface area is 104 Å². The lowest BCUT2D eigenvalue weighted by Gasteiger charge is -2.36. The number of rotatable bonds is 5. The smallest absolute Gasteiger partial charge is 0.248 e. The fraction of sp³-hybridized carbons (Fsp3) is 0.923. The molecule has 0 bridgehead atoms. The number of carbonyl (C=O) groups is 1. The number of methoxy groups -OCH3 is 1. The average molecular weight is 243 g/mol. The Kier molecular flexibility index (Phi) is 5.40. The number of ether oxygens (including phenoxy) is 1. The zero-order valence-corrected chi connectivity index (χ0v) is 11.2. The quantitative estimate of drug-likeness (QED) is 0.768. The molecule has 0 aromatic heterocycles. The van der Waals surface area contributed by atoms with Crippen LogP contribution in [0.4, 0.5) is 0 Å². The molecule has 100 valence electrons. The summed E-state index contributed by atoms with van der Waals surface area (Å²) in [6.45, 7) is 4.24. The molecule has 4 heteroatoms. The molecule has 1 atom stereocenters. The second-order valence-electron chi connectivity index (χ2n) is 5.17. The first-order valence-electron chi connectivity index (χ1n) is 6.53. The Morgan fingerprint density at radius 1 is 1.53 bits per heavy atom. The maximum absolute atomic E-state index is 11.5. The Balaban J connectivity index is 2.34. The van der Waals surface area contributed by atoms with Gasteiger partial charge in [-0.3, -0.25) is 4.79 Å². The van der Waals surface area contributed by atoms with Crippen molar-refractivity contribution in [3.63, 3.8) is 0 Å². The molecule has 0 spiro atoms. The summed E-state index contributed by atoms with van der Waals surface area (Å²) in [7, 11) is 1.51. The molecule has 1 unspecified atom stereocenters. The van der Waals surface area contributed by atoms with Gasteiger partial charge in [-0.05, 0) is 38.5 Å². The molecule has 1 rings (SSSR count). The Morgan fingerprint density at radius 3 is 2.59 bits per heavy atom. The molecular weight excluding hydrogens is 218 g/mol. The van der Waals surface area contributed by atoms with Crippen molar-refractivity contribution in [2.75, 3.05) is 13.7 Å². The van der Waals surface area contributed by atoms with Gasteiger partial charge in [-0.25, -0.2) is 0 Å². The van der Waals surface area contributed by atoms with Crippen molar-refractivity contribution in [3.8, 4) is 0 Å². The molecule has 1 aliphatic carbocycles. The lowest BCUT2D eigenvalue weighted by Crippen LogP contribution is -2.47. The van der Waals surface area contributed by atoms with E-state index in [2.05, 4.69) is 12.2 Å². The van der Waals surface area contributed by atoms with Gasteiger partial charge in [0, 0.05) is 13.7 Å². The van der Waals surface area contributed by atoms with E-state index < -0.39 is 11.7 Å². The first-order valence-corrected chi connectivity index (χ1v) is 6.53. The van der Waals surface area contributed by atoms with Crippen LogP contribution in [0.2, 0.25) is 0 Å². The third kappa shape index (κ3) is 4.28. The molecule has 0 aromatic rings. The molecule has 1 aliphatic rings. The lowest BCUT2D eigenvalue weighted by molar-refractivity contribution is -0.131. The first-order chi connectivity index (χ1) is 8.00. The van der Waals surface area contributed by atoms with Crippen LogP contribution in [0.1, 0.15) is 46.0 Å². The number of carbonyl (C=O) groups excluding carboxylic acids is 1. The van der Waals surface area contributed by atoms with Crippen molar-refractivity contribution < 1.29 is 14.6 Å². The van der Waals surface area contributed by atoms with E-state index in [0.717, 1.165) is 31.6 Å². The number of amides is 1. The molecule has 1 amide bonds. The topological polar surface area (TPSA) is 58.6 Å². The molecule has 0 heterocycles. The van der Waals surface area contributed by atoms with Gasteiger partial charge < -0.3 is 15.2 Å². The summed E-state index contributed by atoms with van der Waals surface area (Å²) in [5, 5.41) is 13.1. The highest BCUT2D eigenvalue weighted by molar-refractivity contribution is 5.80. The summed E-state index contributed by atoms with van der Waals surface area (Å²) >= 11 is 0. The van der Waals surface area contributed by atoms with E-state index in [1.54, 1.807) is 6.92 Å². The molecule has 1 fully saturated rings. The molecular formula is C13H25NO3. The normalized spacial score (nSPS) is 30.9. The molecule has 0 saturated heterocycles. The highest BCUT2D eigenvalue weighted by Gasteiger charge is 2.33. The van der Waals surface area contributed by atoms with Crippen LogP contribution in [-0.2, 0) is 9.53 Å². The summed E-state index contributed by atoms with van der Waals surface area (Å²) in [5.74, 6) is 0.586. The van der Waals surface area contributed by atoms with Crippen LogP contribution in [0.3, 0.4) is 0 Å². The van der Waals surface area contributed by atoms with Crippen LogP contribution < -0.4 is 5.32 Å². The summed E-state index contributed by atoms with van der Waals surface area (Å²) in [6.07, 6.45) is 4.42. The fourth-order valence-corrected chi connectivity index (χ4v) is 2.30. The number of aliphatic hydroxyl groups is 1. The van der Waals surface area contributed by atoms with Gasteiger partial charge in [0.15, 0.2) is 0 Å². The first kappa shape index (κ1) is 14.5. The molecule has 4 nitrogen and oxygen atoms in total. The molecule has 17 heavy (non-hydrogen) atoms. The summed E-state index contributed by atoms with van der Waals surface area (Å²) < 4.78 is 4.93. The van der Waals surface area contributed by atoms with Gasteiger partial charge in [0.05, 0.1) is 5.60 Å². The van der Waals surface area contributed by atoms with Gasteiger partial charge in [0.1, 0.15) is 6.10 Å². The van der Waals surface area contributed by atoms with E-state index in [1.165, 1.54) is 13.5 Å². The predicted molar refractivity (Wildman–Crippen MR) is 66.7 cm³/mol.